The fourth-order valence-electron chi connectivity index (χ4n) is 3.66. The molecule has 27 heavy (non-hydrogen) atoms. The third-order valence-electron chi connectivity index (χ3n) is 4.94. The first-order chi connectivity index (χ1) is 12.7. The van der Waals surface area contributed by atoms with Crippen molar-refractivity contribution in [1.29, 1.82) is 0 Å². The molecule has 1 amide bonds. The zero-order valence-electron chi connectivity index (χ0n) is 15.3. The fourth-order valence-corrected chi connectivity index (χ4v) is 3.89. The SMILES string of the molecule is CNC[C@@H](O)[C@H](c1cc(F)cc(Cl)c1)N1C(=O)C(C)(C)c2cccc(F)c21. The molecule has 3 rings (SSSR count). The Morgan fingerprint density at radius 2 is 1.96 bits per heavy atom. The van der Waals surface area contributed by atoms with Crippen LogP contribution < -0.4 is 10.2 Å². The van der Waals surface area contributed by atoms with Gasteiger partial charge >= 0.3 is 0 Å². The Bertz CT molecular complexity index is 868. The van der Waals surface area contributed by atoms with Crippen molar-refractivity contribution in [1.82, 2.24) is 5.32 Å². The predicted octanol–water partition coefficient (Wildman–Crippen LogP) is 3.56. The van der Waals surface area contributed by atoms with Crippen LogP contribution >= 0.6 is 11.6 Å². The van der Waals surface area contributed by atoms with Gasteiger partial charge in [0.15, 0.2) is 0 Å². The largest absolute Gasteiger partial charge is 0.389 e. The monoisotopic (exact) mass is 394 g/mol. The molecule has 2 aromatic rings. The first-order valence-electron chi connectivity index (χ1n) is 8.59. The van der Waals surface area contributed by atoms with Gasteiger partial charge in [0.2, 0.25) is 5.91 Å². The third kappa shape index (κ3) is 3.33. The number of benzene rings is 2. The lowest BCUT2D eigenvalue weighted by Crippen LogP contribution is -2.45. The van der Waals surface area contributed by atoms with Crippen molar-refractivity contribution in [2.24, 2.45) is 0 Å². The van der Waals surface area contributed by atoms with Crippen molar-refractivity contribution >= 4 is 23.2 Å². The molecule has 0 saturated carbocycles. The molecule has 4 nitrogen and oxygen atoms in total. The van der Waals surface area contributed by atoms with Crippen molar-refractivity contribution < 1.29 is 18.7 Å². The summed E-state index contributed by atoms with van der Waals surface area (Å²) in [7, 11) is 1.64. The molecule has 0 saturated heterocycles. The molecule has 1 aliphatic rings. The minimum atomic E-state index is -1.11. The molecule has 2 aromatic carbocycles. The minimum absolute atomic E-state index is 0.105. The fraction of sp³-hybridized carbons (Fsp3) is 0.350. The number of rotatable bonds is 5. The summed E-state index contributed by atoms with van der Waals surface area (Å²) < 4.78 is 28.7. The number of fused-ring (bicyclic) bond motifs is 1. The summed E-state index contributed by atoms with van der Waals surface area (Å²) in [6, 6.07) is 7.32. The molecule has 144 valence electrons. The first kappa shape index (κ1) is 19.7. The number of aliphatic hydroxyl groups is 1. The number of aliphatic hydroxyl groups excluding tert-OH is 1. The predicted molar refractivity (Wildman–Crippen MR) is 101 cm³/mol. The topological polar surface area (TPSA) is 52.6 Å². The maximum atomic E-state index is 14.8. The van der Waals surface area contributed by atoms with E-state index in [0.717, 1.165) is 6.07 Å². The number of halogens is 3. The Morgan fingerprint density at radius 3 is 2.59 bits per heavy atom. The summed E-state index contributed by atoms with van der Waals surface area (Å²) in [4.78, 5) is 14.5. The van der Waals surface area contributed by atoms with Crippen LogP contribution in [0.3, 0.4) is 0 Å². The molecule has 0 spiro atoms. The van der Waals surface area contributed by atoms with Crippen molar-refractivity contribution in [3.63, 3.8) is 0 Å². The van der Waals surface area contributed by atoms with Crippen molar-refractivity contribution in [3.8, 4) is 0 Å². The lowest BCUT2D eigenvalue weighted by Gasteiger charge is -2.34. The van der Waals surface area contributed by atoms with Crippen LogP contribution in [0, 0.1) is 11.6 Å². The van der Waals surface area contributed by atoms with Crippen molar-refractivity contribution in [2.45, 2.75) is 31.4 Å². The third-order valence-corrected chi connectivity index (χ3v) is 5.16. The molecule has 7 heteroatoms. The van der Waals surface area contributed by atoms with E-state index >= 15 is 0 Å². The maximum Gasteiger partial charge on any atom is 0.237 e. The average Bonchev–Trinajstić information content (AvgIpc) is 2.77. The molecule has 2 N–H and O–H groups in total. The summed E-state index contributed by atoms with van der Waals surface area (Å²) in [5, 5.41) is 13.7. The number of nitrogens with one attached hydrogen (secondary N) is 1. The van der Waals surface area contributed by atoms with Crippen molar-refractivity contribution in [3.05, 3.63) is 64.2 Å². The van der Waals surface area contributed by atoms with Crippen LogP contribution in [0.15, 0.2) is 36.4 Å². The van der Waals surface area contributed by atoms with E-state index in [4.69, 9.17) is 11.6 Å². The second-order valence-corrected chi connectivity index (χ2v) is 7.65. The van der Waals surface area contributed by atoms with Gasteiger partial charge in [-0.05, 0) is 56.3 Å². The standard InChI is InChI=1S/C20H21ClF2N2O2/c1-20(2)14-5-4-6-15(23)18(14)25(19(20)27)17(16(26)10-24-3)11-7-12(21)9-13(22)8-11/h4-9,16-17,24,26H,10H2,1-3H3/t16-,17+/m1/s1. The Morgan fingerprint density at radius 1 is 1.26 bits per heavy atom. The molecule has 0 bridgehead atoms. The molecular formula is C20H21ClF2N2O2. The number of carbonyl (C=O) groups excluding carboxylic acids is 1. The lowest BCUT2D eigenvalue weighted by atomic mass is 9.86. The van der Waals surface area contributed by atoms with Crippen molar-refractivity contribution in [2.75, 3.05) is 18.5 Å². The highest BCUT2D eigenvalue weighted by molar-refractivity contribution is 6.30. The first-order valence-corrected chi connectivity index (χ1v) is 8.97. The molecular weight excluding hydrogens is 374 g/mol. The summed E-state index contributed by atoms with van der Waals surface area (Å²) in [6.07, 6.45) is -1.11. The highest BCUT2D eigenvalue weighted by atomic mass is 35.5. The average molecular weight is 395 g/mol. The number of hydrogen-bond donors (Lipinski definition) is 2. The van der Waals surface area contributed by atoms with Gasteiger partial charge in [0.1, 0.15) is 11.6 Å². The van der Waals surface area contributed by atoms with Crippen LogP contribution in [0.4, 0.5) is 14.5 Å². The van der Waals surface area contributed by atoms with E-state index in [1.54, 1.807) is 33.0 Å². The van der Waals surface area contributed by atoms with E-state index in [0.29, 0.717) is 11.1 Å². The van der Waals surface area contributed by atoms with E-state index in [-0.39, 0.29) is 23.2 Å². The number of carbonyl (C=O) groups is 1. The second kappa shape index (κ2) is 7.19. The normalized spacial score (nSPS) is 17.7. The summed E-state index contributed by atoms with van der Waals surface area (Å²) in [5.74, 6) is -1.54. The van der Waals surface area contributed by atoms with E-state index in [2.05, 4.69) is 5.32 Å². The van der Waals surface area contributed by atoms with E-state index in [1.807, 2.05) is 0 Å². The second-order valence-electron chi connectivity index (χ2n) is 7.21. The molecule has 0 aliphatic carbocycles. The van der Waals surface area contributed by atoms with Gasteiger partial charge in [-0.3, -0.25) is 9.69 Å². The van der Waals surface area contributed by atoms with Gasteiger partial charge in [0, 0.05) is 11.6 Å². The van der Waals surface area contributed by atoms with E-state index in [9.17, 15) is 18.7 Å². The number of hydrogen-bond acceptors (Lipinski definition) is 3. The maximum absolute atomic E-state index is 14.8. The lowest BCUT2D eigenvalue weighted by molar-refractivity contribution is -0.123. The van der Waals surface area contributed by atoms with Gasteiger partial charge in [-0.15, -0.1) is 0 Å². The van der Waals surface area contributed by atoms with E-state index < -0.39 is 29.2 Å². The smallest absolute Gasteiger partial charge is 0.237 e. The molecule has 0 unspecified atom stereocenters. The van der Waals surface area contributed by atoms with Crippen LogP contribution in [-0.2, 0) is 10.2 Å². The van der Waals surface area contributed by atoms with Gasteiger partial charge in [0.25, 0.3) is 0 Å². The number of likely N-dealkylation sites (N-methyl/N-ethyl adjacent to an activating group) is 1. The van der Waals surface area contributed by atoms with Gasteiger partial charge in [-0.1, -0.05) is 23.7 Å². The van der Waals surface area contributed by atoms with Gasteiger partial charge in [0.05, 0.1) is 23.2 Å². The van der Waals surface area contributed by atoms with Crippen LogP contribution in [0.1, 0.15) is 31.0 Å². The number of nitrogens with zero attached hydrogens (tertiary/aromatic N) is 1. The van der Waals surface area contributed by atoms with Gasteiger partial charge in [-0.25, -0.2) is 8.78 Å². The molecule has 1 aliphatic heterocycles. The Hall–Kier alpha value is -2.02. The highest BCUT2D eigenvalue weighted by Gasteiger charge is 2.49. The molecule has 0 radical (unpaired) electrons. The number of amides is 1. The molecule has 0 fully saturated rings. The summed E-state index contributed by atoms with van der Waals surface area (Å²) >= 11 is 5.99. The zero-order valence-corrected chi connectivity index (χ0v) is 16.0. The van der Waals surface area contributed by atoms with Gasteiger partial charge in [-0.2, -0.15) is 0 Å². The Labute approximate surface area is 161 Å². The zero-order chi connectivity index (χ0) is 19.9. The number of para-hydroxylation sites is 1. The molecule has 2 atom stereocenters. The highest BCUT2D eigenvalue weighted by Crippen LogP contribution is 2.47. The molecule has 1 heterocycles. The Balaban J connectivity index is 2.23. The quantitative estimate of drug-likeness (QED) is 0.815. The minimum Gasteiger partial charge on any atom is -0.389 e. The van der Waals surface area contributed by atoms with Crippen LogP contribution in [-0.4, -0.2) is 30.7 Å². The van der Waals surface area contributed by atoms with E-state index in [1.165, 1.54) is 23.1 Å². The molecule has 0 aromatic heterocycles. The van der Waals surface area contributed by atoms with Crippen LogP contribution in [0.2, 0.25) is 5.02 Å². The Kier molecular flexibility index (Phi) is 5.25. The summed E-state index contributed by atoms with van der Waals surface area (Å²) in [5.41, 5.74) is -0.0562. The summed E-state index contributed by atoms with van der Waals surface area (Å²) in [6.45, 7) is 3.52. The van der Waals surface area contributed by atoms with Crippen LogP contribution in [0.25, 0.3) is 0 Å². The van der Waals surface area contributed by atoms with Gasteiger partial charge < -0.3 is 10.4 Å². The number of anilines is 1. The van der Waals surface area contributed by atoms with Crippen LogP contribution in [0.5, 0.6) is 0 Å².